The Balaban J connectivity index is 1.26. The van der Waals surface area contributed by atoms with Crippen molar-refractivity contribution in [2.24, 2.45) is 0 Å². The highest BCUT2D eigenvalue weighted by molar-refractivity contribution is 8.18. The van der Waals surface area contributed by atoms with Crippen molar-refractivity contribution >= 4 is 40.6 Å². The maximum atomic E-state index is 13.0. The van der Waals surface area contributed by atoms with E-state index < -0.39 is 35.3 Å². The zero-order valence-corrected chi connectivity index (χ0v) is 19.7. The van der Waals surface area contributed by atoms with Gasteiger partial charge in [-0.15, -0.1) is 0 Å². The number of imide groups is 1. The largest absolute Gasteiger partial charge is 0.486 e. The number of carbonyl (C=O) groups is 3. The van der Waals surface area contributed by atoms with E-state index >= 15 is 0 Å². The van der Waals surface area contributed by atoms with Crippen molar-refractivity contribution in [2.75, 3.05) is 25.1 Å². The van der Waals surface area contributed by atoms with Gasteiger partial charge in [0.25, 0.3) is 11.1 Å². The molecule has 3 amide bonds. The number of amides is 3. The molecule has 0 saturated carbocycles. The summed E-state index contributed by atoms with van der Waals surface area (Å²) < 4.78 is 55.5. The second-order valence-electron chi connectivity index (χ2n) is 7.96. The number of nitrogens with zero attached hydrogens (tertiary/aromatic N) is 1. The number of hydrogen-bond donors (Lipinski definition) is 1. The minimum absolute atomic E-state index is 0.0158. The molecule has 12 heteroatoms. The van der Waals surface area contributed by atoms with Crippen LogP contribution in [0.4, 0.5) is 23.7 Å². The first-order valence-electron chi connectivity index (χ1n) is 10.9. The van der Waals surface area contributed by atoms with Gasteiger partial charge in [0.05, 0.1) is 10.5 Å². The van der Waals surface area contributed by atoms with E-state index in [1.165, 1.54) is 30.3 Å². The summed E-state index contributed by atoms with van der Waals surface area (Å²) in [5.41, 5.74) is -0.202. The number of hydrogen-bond acceptors (Lipinski definition) is 7. The summed E-state index contributed by atoms with van der Waals surface area (Å²) in [6.07, 6.45) is -3.20. The van der Waals surface area contributed by atoms with Crippen LogP contribution in [0, 0.1) is 0 Å². The zero-order valence-electron chi connectivity index (χ0n) is 18.8. The van der Waals surface area contributed by atoms with Gasteiger partial charge in [-0.1, -0.05) is 12.1 Å². The second-order valence-corrected chi connectivity index (χ2v) is 8.95. The van der Waals surface area contributed by atoms with Crippen LogP contribution >= 0.6 is 11.8 Å². The Morgan fingerprint density at radius 1 is 1.03 bits per heavy atom. The number of alkyl halides is 3. The van der Waals surface area contributed by atoms with Crippen molar-refractivity contribution in [3.8, 4) is 22.8 Å². The van der Waals surface area contributed by atoms with Gasteiger partial charge in [0.15, 0.2) is 11.5 Å². The van der Waals surface area contributed by atoms with Crippen molar-refractivity contribution in [3.05, 3.63) is 70.8 Å². The maximum absolute atomic E-state index is 13.0. The van der Waals surface area contributed by atoms with Crippen LogP contribution in [0.5, 0.6) is 11.5 Å². The van der Waals surface area contributed by atoms with Crippen molar-refractivity contribution in [1.29, 1.82) is 0 Å². The molecule has 2 aliphatic rings. The lowest BCUT2D eigenvalue weighted by atomic mass is 10.1. The number of anilines is 1. The quantitative estimate of drug-likeness (QED) is 0.441. The Morgan fingerprint density at radius 3 is 2.59 bits per heavy atom. The highest BCUT2D eigenvalue weighted by Crippen LogP contribution is 2.36. The number of nitrogens with one attached hydrogen (secondary N) is 1. The predicted octanol–water partition coefficient (Wildman–Crippen LogP) is 5.41. The lowest BCUT2D eigenvalue weighted by molar-refractivity contribution is -0.137. The third kappa shape index (κ3) is 5.33. The molecule has 8 nitrogen and oxygen atoms in total. The molecule has 3 aromatic rings. The third-order valence-corrected chi connectivity index (χ3v) is 6.28. The van der Waals surface area contributed by atoms with Crippen molar-refractivity contribution in [2.45, 2.75) is 6.18 Å². The van der Waals surface area contributed by atoms with E-state index in [0.29, 0.717) is 42.2 Å². The van der Waals surface area contributed by atoms with E-state index in [2.05, 4.69) is 5.32 Å². The number of halogens is 3. The highest BCUT2D eigenvalue weighted by Gasteiger charge is 2.36. The van der Waals surface area contributed by atoms with Crippen LogP contribution in [0.3, 0.4) is 0 Å². The molecule has 1 N–H and O–H groups in total. The standard InChI is InChI=1S/C25H17F3N2O6S/c26-25(27,28)15-3-1-2-14(10-15)18-7-5-17(36-18)12-21-23(32)30(24(33)37-21)13-22(31)29-16-4-6-19-20(11-16)35-9-8-34-19/h1-7,10-12H,8-9,13H2,(H,29,31)/b21-12+. The summed E-state index contributed by atoms with van der Waals surface area (Å²) in [7, 11) is 0. The van der Waals surface area contributed by atoms with E-state index in [4.69, 9.17) is 13.9 Å². The average molecular weight is 530 g/mol. The number of benzene rings is 2. The molecule has 1 aromatic heterocycles. The molecule has 3 heterocycles. The van der Waals surface area contributed by atoms with Gasteiger partial charge in [0, 0.05) is 23.4 Å². The van der Waals surface area contributed by atoms with Gasteiger partial charge in [-0.05, 0) is 48.2 Å². The number of furan rings is 1. The van der Waals surface area contributed by atoms with Gasteiger partial charge in [-0.25, -0.2) is 0 Å². The van der Waals surface area contributed by atoms with Crippen LogP contribution in [-0.4, -0.2) is 41.7 Å². The summed E-state index contributed by atoms with van der Waals surface area (Å²) >= 11 is 0.628. The fourth-order valence-corrected chi connectivity index (χ4v) is 4.48. The zero-order chi connectivity index (χ0) is 26.2. The lowest BCUT2D eigenvalue weighted by Crippen LogP contribution is -2.36. The molecule has 0 radical (unpaired) electrons. The van der Waals surface area contributed by atoms with E-state index in [0.717, 1.165) is 17.0 Å². The van der Waals surface area contributed by atoms with Gasteiger partial charge in [-0.3, -0.25) is 19.3 Å². The minimum Gasteiger partial charge on any atom is -0.486 e. The van der Waals surface area contributed by atoms with Crippen LogP contribution < -0.4 is 14.8 Å². The van der Waals surface area contributed by atoms with E-state index in [1.54, 1.807) is 18.2 Å². The molecule has 0 unspecified atom stereocenters. The van der Waals surface area contributed by atoms with Gasteiger partial charge in [0.1, 0.15) is 31.3 Å². The van der Waals surface area contributed by atoms with Crippen LogP contribution in [0.25, 0.3) is 17.4 Å². The number of carbonyl (C=O) groups excluding carboxylic acids is 3. The summed E-state index contributed by atoms with van der Waals surface area (Å²) in [6, 6.07) is 12.4. The molecular formula is C25H17F3N2O6S. The molecule has 0 spiro atoms. The molecule has 190 valence electrons. The van der Waals surface area contributed by atoms with E-state index in [9.17, 15) is 27.6 Å². The van der Waals surface area contributed by atoms with Crippen molar-refractivity contribution < 1.29 is 41.4 Å². The number of thioether (sulfide) groups is 1. The molecular weight excluding hydrogens is 513 g/mol. The Kier molecular flexibility index (Phi) is 6.42. The van der Waals surface area contributed by atoms with Gasteiger partial charge in [-0.2, -0.15) is 13.2 Å². The predicted molar refractivity (Wildman–Crippen MR) is 128 cm³/mol. The molecule has 2 aliphatic heterocycles. The first-order chi connectivity index (χ1) is 17.7. The summed E-state index contributed by atoms with van der Waals surface area (Å²) in [5, 5.41) is 1.97. The lowest BCUT2D eigenvalue weighted by Gasteiger charge is -2.19. The molecule has 0 aliphatic carbocycles. The highest BCUT2D eigenvalue weighted by atomic mass is 32.2. The smallest absolute Gasteiger partial charge is 0.416 e. The monoisotopic (exact) mass is 530 g/mol. The minimum atomic E-state index is -4.50. The molecule has 1 fully saturated rings. The Hall–Kier alpha value is -4.19. The van der Waals surface area contributed by atoms with Crippen molar-refractivity contribution in [1.82, 2.24) is 4.90 Å². The molecule has 2 aromatic carbocycles. The molecule has 5 rings (SSSR count). The van der Waals surface area contributed by atoms with Crippen LogP contribution in [0.1, 0.15) is 11.3 Å². The summed E-state index contributed by atoms with van der Waals surface area (Å²) in [6.45, 7) is 0.296. The first-order valence-corrected chi connectivity index (χ1v) is 11.7. The van der Waals surface area contributed by atoms with Gasteiger partial charge in [0.2, 0.25) is 5.91 Å². The van der Waals surface area contributed by atoms with Crippen LogP contribution in [0.15, 0.2) is 63.9 Å². The summed E-state index contributed by atoms with van der Waals surface area (Å²) in [4.78, 5) is 38.5. The van der Waals surface area contributed by atoms with E-state index in [1.807, 2.05) is 0 Å². The molecule has 1 saturated heterocycles. The maximum Gasteiger partial charge on any atom is 0.416 e. The number of fused-ring (bicyclic) bond motifs is 1. The Bertz CT molecular complexity index is 1430. The van der Waals surface area contributed by atoms with Crippen LogP contribution in [0.2, 0.25) is 0 Å². The SMILES string of the molecule is O=C(CN1C(=O)S/C(=C/c2ccc(-c3cccc(C(F)(F)F)c3)o2)C1=O)Nc1ccc2c(c1)OCCO2. The number of ether oxygens (including phenoxy) is 2. The topological polar surface area (TPSA) is 98.1 Å². The average Bonchev–Trinajstić information content (AvgIpc) is 3.44. The summed E-state index contributed by atoms with van der Waals surface area (Å²) in [5.74, 6) is 0.0685. The molecule has 0 bridgehead atoms. The fraction of sp³-hybridized carbons (Fsp3) is 0.160. The normalized spacial score (nSPS) is 16.4. The molecule has 0 atom stereocenters. The first kappa shape index (κ1) is 24.5. The molecule has 37 heavy (non-hydrogen) atoms. The van der Waals surface area contributed by atoms with Crippen molar-refractivity contribution in [3.63, 3.8) is 0 Å². The Labute approximate surface area is 212 Å². The van der Waals surface area contributed by atoms with Crippen LogP contribution in [-0.2, 0) is 15.8 Å². The Morgan fingerprint density at radius 2 is 1.81 bits per heavy atom. The van der Waals surface area contributed by atoms with Gasteiger partial charge >= 0.3 is 6.18 Å². The van der Waals surface area contributed by atoms with Gasteiger partial charge < -0.3 is 19.2 Å². The van der Waals surface area contributed by atoms with E-state index in [-0.39, 0.29) is 22.0 Å². The number of rotatable bonds is 5. The fourth-order valence-electron chi connectivity index (χ4n) is 3.67. The second kappa shape index (κ2) is 9.69. The third-order valence-electron chi connectivity index (χ3n) is 5.38.